The van der Waals surface area contributed by atoms with Gasteiger partial charge in [0.1, 0.15) is 0 Å². The lowest BCUT2D eigenvalue weighted by molar-refractivity contribution is 0.140. The molecule has 0 aromatic heterocycles. The molecule has 18 heavy (non-hydrogen) atoms. The molecule has 1 aliphatic rings. The fraction of sp³-hybridized carbons (Fsp3) is 1.00. The molecule has 1 saturated heterocycles. The first-order chi connectivity index (χ1) is 8.72. The van der Waals surface area contributed by atoms with Crippen molar-refractivity contribution in [2.75, 3.05) is 59.7 Å². The lowest BCUT2D eigenvalue weighted by atomic mass is 10.1. The average Bonchev–Trinajstić information content (AvgIpc) is 2.83. The number of ether oxygens (including phenoxy) is 2. The van der Waals surface area contributed by atoms with Crippen LogP contribution in [-0.4, -0.2) is 64.6 Å². The van der Waals surface area contributed by atoms with Crippen molar-refractivity contribution in [3.63, 3.8) is 0 Å². The van der Waals surface area contributed by atoms with Gasteiger partial charge in [-0.25, -0.2) is 0 Å². The van der Waals surface area contributed by atoms with Gasteiger partial charge >= 0.3 is 0 Å². The Labute approximate surface area is 112 Å². The summed E-state index contributed by atoms with van der Waals surface area (Å²) in [5, 5.41) is 3.54. The van der Waals surface area contributed by atoms with Gasteiger partial charge in [0.2, 0.25) is 0 Å². The van der Waals surface area contributed by atoms with Crippen LogP contribution in [0, 0.1) is 11.8 Å². The fourth-order valence-corrected chi connectivity index (χ4v) is 2.32. The molecule has 1 unspecified atom stereocenters. The zero-order valence-corrected chi connectivity index (χ0v) is 12.3. The van der Waals surface area contributed by atoms with Crippen LogP contribution in [0.25, 0.3) is 0 Å². The first-order valence-electron chi connectivity index (χ1n) is 7.22. The molecule has 1 N–H and O–H groups in total. The highest BCUT2D eigenvalue weighted by atomic mass is 16.5. The Morgan fingerprint density at radius 2 is 2.22 bits per heavy atom. The Morgan fingerprint density at radius 1 is 1.39 bits per heavy atom. The molecule has 0 saturated carbocycles. The van der Waals surface area contributed by atoms with Gasteiger partial charge in [-0.2, -0.15) is 0 Å². The maximum Gasteiger partial charge on any atom is 0.0589 e. The second-order valence-corrected chi connectivity index (χ2v) is 5.62. The third-order valence-electron chi connectivity index (χ3n) is 3.30. The highest BCUT2D eigenvalue weighted by Crippen LogP contribution is 2.10. The summed E-state index contributed by atoms with van der Waals surface area (Å²) in [6, 6.07) is 0. The van der Waals surface area contributed by atoms with Gasteiger partial charge in [0.05, 0.1) is 13.2 Å². The summed E-state index contributed by atoms with van der Waals surface area (Å²) in [6.07, 6.45) is 1.21. The Hall–Kier alpha value is -0.160. The molecular formula is C14H30N2O2. The number of methoxy groups -OCH3 is 1. The van der Waals surface area contributed by atoms with Gasteiger partial charge in [0, 0.05) is 46.4 Å². The third-order valence-corrected chi connectivity index (χ3v) is 3.30. The van der Waals surface area contributed by atoms with E-state index < -0.39 is 0 Å². The smallest absolute Gasteiger partial charge is 0.0589 e. The first-order valence-corrected chi connectivity index (χ1v) is 7.22. The molecule has 0 aliphatic carbocycles. The molecular weight excluding hydrogens is 228 g/mol. The van der Waals surface area contributed by atoms with Crippen LogP contribution >= 0.6 is 0 Å². The standard InChI is InChI=1S/C14H30N2O2/c1-13(2)11-16(7-9-17-3)6-5-15-10-14-4-8-18-12-14/h13-15H,4-12H2,1-3H3. The van der Waals surface area contributed by atoms with Gasteiger partial charge in [0.25, 0.3) is 0 Å². The van der Waals surface area contributed by atoms with E-state index in [0.29, 0.717) is 5.92 Å². The average molecular weight is 258 g/mol. The summed E-state index contributed by atoms with van der Waals surface area (Å²) < 4.78 is 10.5. The molecule has 4 nitrogen and oxygen atoms in total. The van der Waals surface area contributed by atoms with Crippen LogP contribution in [0.3, 0.4) is 0 Å². The molecule has 0 aromatic rings. The normalized spacial score (nSPS) is 20.2. The van der Waals surface area contributed by atoms with Gasteiger partial charge in [-0.3, -0.25) is 4.90 Å². The van der Waals surface area contributed by atoms with Crippen molar-refractivity contribution in [1.82, 2.24) is 10.2 Å². The van der Waals surface area contributed by atoms with Crippen molar-refractivity contribution < 1.29 is 9.47 Å². The van der Waals surface area contributed by atoms with Crippen molar-refractivity contribution >= 4 is 0 Å². The van der Waals surface area contributed by atoms with E-state index in [2.05, 4.69) is 24.1 Å². The molecule has 0 spiro atoms. The van der Waals surface area contributed by atoms with Crippen molar-refractivity contribution in [3.8, 4) is 0 Å². The van der Waals surface area contributed by atoms with Crippen LogP contribution in [0.15, 0.2) is 0 Å². The van der Waals surface area contributed by atoms with Gasteiger partial charge in [-0.05, 0) is 18.3 Å². The Bertz CT molecular complexity index is 194. The van der Waals surface area contributed by atoms with E-state index in [-0.39, 0.29) is 0 Å². The molecule has 0 aromatic carbocycles. The van der Waals surface area contributed by atoms with E-state index in [1.807, 2.05) is 0 Å². The van der Waals surface area contributed by atoms with Gasteiger partial charge in [0.15, 0.2) is 0 Å². The molecule has 1 heterocycles. The van der Waals surface area contributed by atoms with Gasteiger partial charge in [-0.1, -0.05) is 13.8 Å². The molecule has 108 valence electrons. The van der Waals surface area contributed by atoms with Crippen LogP contribution in [0.1, 0.15) is 20.3 Å². The second-order valence-electron chi connectivity index (χ2n) is 5.62. The molecule has 1 fully saturated rings. The quantitative estimate of drug-likeness (QED) is 0.597. The minimum absolute atomic E-state index is 0.713. The van der Waals surface area contributed by atoms with E-state index >= 15 is 0 Å². The lowest BCUT2D eigenvalue weighted by Crippen LogP contribution is -2.38. The summed E-state index contributed by atoms with van der Waals surface area (Å²) in [5.41, 5.74) is 0. The second kappa shape index (κ2) is 9.73. The van der Waals surface area contributed by atoms with E-state index in [1.165, 1.54) is 6.42 Å². The molecule has 4 heteroatoms. The van der Waals surface area contributed by atoms with Crippen LogP contribution in [-0.2, 0) is 9.47 Å². The summed E-state index contributed by atoms with van der Waals surface area (Å²) in [7, 11) is 1.77. The highest BCUT2D eigenvalue weighted by molar-refractivity contribution is 4.68. The fourth-order valence-electron chi connectivity index (χ4n) is 2.32. The molecule has 1 rings (SSSR count). The molecule has 0 bridgehead atoms. The minimum atomic E-state index is 0.713. The van der Waals surface area contributed by atoms with Crippen LogP contribution in [0.5, 0.6) is 0 Å². The monoisotopic (exact) mass is 258 g/mol. The van der Waals surface area contributed by atoms with Crippen LogP contribution in [0.4, 0.5) is 0 Å². The van der Waals surface area contributed by atoms with Crippen LogP contribution in [0.2, 0.25) is 0 Å². The minimum Gasteiger partial charge on any atom is -0.383 e. The molecule has 1 aliphatic heterocycles. The Kier molecular flexibility index (Phi) is 8.59. The summed E-state index contributed by atoms with van der Waals surface area (Å²) in [6.45, 7) is 12.7. The van der Waals surface area contributed by atoms with Gasteiger partial charge in [-0.15, -0.1) is 0 Å². The van der Waals surface area contributed by atoms with Gasteiger partial charge < -0.3 is 14.8 Å². The molecule has 1 atom stereocenters. The van der Waals surface area contributed by atoms with Crippen LogP contribution < -0.4 is 5.32 Å². The predicted molar refractivity (Wildman–Crippen MR) is 74.9 cm³/mol. The third kappa shape index (κ3) is 7.31. The van der Waals surface area contributed by atoms with E-state index in [4.69, 9.17) is 9.47 Å². The Balaban J connectivity index is 2.07. The SMILES string of the molecule is COCCN(CCNCC1CCOC1)CC(C)C. The van der Waals surface area contributed by atoms with E-state index in [1.54, 1.807) is 7.11 Å². The number of nitrogens with one attached hydrogen (secondary N) is 1. The number of rotatable bonds is 10. The molecule has 0 radical (unpaired) electrons. The zero-order valence-electron chi connectivity index (χ0n) is 12.3. The number of nitrogens with zero attached hydrogens (tertiary/aromatic N) is 1. The lowest BCUT2D eigenvalue weighted by Gasteiger charge is -2.24. The number of hydrogen-bond acceptors (Lipinski definition) is 4. The van der Waals surface area contributed by atoms with E-state index in [0.717, 1.165) is 58.5 Å². The summed E-state index contributed by atoms with van der Waals surface area (Å²) >= 11 is 0. The van der Waals surface area contributed by atoms with Crippen molar-refractivity contribution in [3.05, 3.63) is 0 Å². The van der Waals surface area contributed by atoms with Crippen molar-refractivity contribution in [2.24, 2.45) is 11.8 Å². The number of hydrogen-bond donors (Lipinski definition) is 1. The van der Waals surface area contributed by atoms with Crippen molar-refractivity contribution in [1.29, 1.82) is 0 Å². The van der Waals surface area contributed by atoms with E-state index in [9.17, 15) is 0 Å². The largest absolute Gasteiger partial charge is 0.383 e. The molecule has 0 amide bonds. The first kappa shape index (κ1) is 15.9. The maximum atomic E-state index is 5.37. The van der Waals surface area contributed by atoms with Crippen molar-refractivity contribution in [2.45, 2.75) is 20.3 Å². The summed E-state index contributed by atoms with van der Waals surface area (Å²) in [4.78, 5) is 2.48. The highest BCUT2D eigenvalue weighted by Gasteiger charge is 2.14. The summed E-state index contributed by atoms with van der Waals surface area (Å²) in [5.74, 6) is 1.44. The predicted octanol–water partition coefficient (Wildman–Crippen LogP) is 1.22. The Morgan fingerprint density at radius 3 is 2.83 bits per heavy atom. The maximum absolute atomic E-state index is 5.37. The zero-order chi connectivity index (χ0) is 13.2. The topological polar surface area (TPSA) is 33.7 Å².